The Morgan fingerprint density at radius 1 is 1.29 bits per heavy atom. The van der Waals surface area contributed by atoms with E-state index in [0.717, 1.165) is 15.8 Å². The standard InChI is InChI=1S/C15H17BrO/c1-4-15(16)12(2)10-13(3)17-11-14-8-6-5-7-9-14/h4-10H,1,11H2,2-3H3/b13-10+,15-12+. The quantitative estimate of drug-likeness (QED) is 0.550. The maximum atomic E-state index is 5.67. The van der Waals surface area contributed by atoms with Gasteiger partial charge in [-0.1, -0.05) is 58.9 Å². The predicted molar refractivity (Wildman–Crippen MR) is 76.8 cm³/mol. The molecular formula is C15H17BrO. The summed E-state index contributed by atoms with van der Waals surface area (Å²) in [6.45, 7) is 8.28. The smallest absolute Gasteiger partial charge is 0.113 e. The lowest BCUT2D eigenvalue weighted by Gasteiger charge is -2.07. The lowest BCUT2D eigenvalue weighted by atomic mass is 10.2. The van der Waals surface area contributed by atoms with E-state index in [9.17, 15) is 0 Å². The zero-order valence-electron chi connectivity index (χ0n) is 10.2. The molecule has 1 rings (SSSR count). The Balaban J connectivity index is 2.59. The number of benzene rings is 1. The Morgan fingerprint density at radius 3 is 2.53 bits per heavy atom. The maximum absolute atomic E-state index is 5.67. The van der Waals surface area contributed by atoms with Gasteiger partial charge in [-0.15, -0.1) is 0 Å². The van der Waals surface area contributed by atoms with Crippen LogP contribution < -0.4 is 0 Å². The normalized spacial score (nSPS) is 13.0. The van der Waals surface area contributed by atoms with Gasteiger partial charge in [0.05, 0.1) is 5.76 Å². The van der Waals surface area contributed by atoms with E-state index < -0.39 is 0 Å². The van der Waals surface area contributed by atoms with E-state index in [0.29, 0.717) is 6.61 Å². The molecule has 0 heterocycles. The van der Waals surface area contributed by atoms with Crippen LogP contribution in [0, 0.1) is 0 Å². The zero-order chi connectivity index (χ0) is 12.7. The fourth-order valence-corrected chi connectivity index (χ4v) is 1.46. The molecule has 0 bridgehead atoms. The van der Waals surface area contributed by atoms with E-state index in [1.807, 2.05) is 38.1 Å². The van der Waals surface area contributed by atoms with Crippen LogP contribution >= 0.6 is 15.9 Å². The monoisotopic (exact) mass is 292 g/mol. The molecule has 1 aromatic rings. The van der Waals surface area contributed by atoms with Gasteiger partial charge >= 0.3 is 0 Å². The molecule has 0 spiro atoms. The molecule has 0 aliphatic rings. The van der Waals surface area contributed by atoms with Gasteiger partial charge in [-0.3, -0.25) is 0 Å². The first kappa shape index (κ1) is 13.8. The highest BCUT2D eigenvalue weighted by Gasteiger charge is 1.96. The fourth-order valence-electron chi connectivity index (χ4n) is 1.35. The molecule has 0 saturated heterocycles. The predicted octanol–water partition coefficient (Wildman–Crippen LogP) is 4.96. The van der Waals surface area contributed by atoms with Crippen molar-refractivity contribution in [3.8, 4) is 0 Å². The summed E-state index contributed by atoms with van der Waals surface area (Å²) in [6.07, 6.45) is 3.77. The minimum absolute atomic E-state index is 0.599. The molecule has 0 atom stereocenters. The largest absolute Gasteiger partial charge is 0.494 e. The summed E-state index contributed by atoms with van der Waals surface area (Å²) >= 11 is 3.43. The molecule has 0 aliphatic carbocycles. The summed E-state index contributed by atoms with van der Waals surface area (Å²) < 4.78 is 6.65. The number of rotatable bonds is 5. The van der Waals surface area contributed by atoms with Gasteiger partial charge in [0.25, 0.3) is 0 Å². The highest BCUT2D eigenvalue weighted by Crippen LogP contribution is 2.16. The van der Waals surface area contributed by atoms with Gasteiger partial charge in [-0.2, -0.15) is 0 Å². The van der Waals surface area contributed by atoms with E-state index >= 15 is 0 Å². The molecule has 0 saturated carbocycles. The van der Waals surface area contributed by atoms with Crippen molar-refractivity contribution in [2.75, 3.05) is 0 Å². The summed E-state index contributed by atoms with van der Waals surface area (Å²) in [5.74, 6) is 0.894. The SMILES string of the molecule is C=C/C(Br)=C(C)\C=C(/C)OCc1ccccc1. The maximum Gasteiger partial charge on any atom is 0.113 e. The topological polar surface area (TPSA) is 9.23 Å². The van der Waals surface area contributed by atoms with Gasteiger partial charge in [0.2, 0.25) is 0 Å². The first-order valence-corrected chi connectivity index (χ1v) is 6.26. The van der Waals surface area contributed by atoms with Gasteiger partial charge in [-0.25, -0.2) is 0 Å². The number of hydrogen-bond donors (Lipinski definition) is 0. The summed E-state index contributed by atoms with van der Waals surface area (Å²) in [7, 11) is 0. The molecule has 2 heteroatoms. The molecular weight excluding hydrogens is 276 g/mol. The van der Waals surface area contributed by atoms with Crippen LogP contribution in [0.4, 0.5) is 0 Å². The van der Waals surface area contributed by atoms with Gasteiger partial charge < -0.3 is 4.74 Å². The van der Waals surface area contributed by atoms with Crippen LogP contribution in [0.2, 0.25) is 0 Å². The molecule has 90 valence electrons. The molecule has 1 nitrogen and oxygen atoms in total. The van der Waals surface area contributed by atoms with E-state index in [1.54, 1.807) is 6.08 Å². The fraction of sp³-hybridized carbons (Fsp3) is 0.200. The molecule has 1 aromatic carbocycles. The summed E-state index contributed by atoms with van der Waals surface area (Å²) in [4.78, 5) is 0. The average Bonchev–Trinajstić information content (AvgIpc) is 2.36. The third kappa shape index (κ3) is 5.05. The minimum atomic E-state index is 0.599. The van der Waals surface area contributed by atoms with Gasteiger partial charge in [0.1, 0.15) is 6.61 Å². The van der Waals surface area contributed by atoms with Crippen molar-refractivity contribution in [3.05, 3.63) is 70.4 Å². The third-order valence-electron chi connectivity index (χ3n) is 2.29. The highest BCUT2D eigenvalue weighted by molar-refractivity contribution is 9.11. The van der Waals surface area contributed by atoms with Gasteiger partial charge in [0.15, 0.2) is 0 Å². The van der Waals surface area contributed by atoms with Crippen molar-refractivity contribution < 1.29 is 4.74 Å². The van der Waals surface area contributed by atoms with Crippen LogP contribution in [0.15, 0.2) is 64.9 Å². The summed E-state index contributed by atoms with van der Waals surface area (Å²) in [5, 5.41) is 0. The lowest BCUT2D eigenvalue weighted by molar-refractivity contribution is 0.200. The van der Waals surface area contributed by atoms with E-state index in [-0.39, 0.29) is 0 Å². The van der Waals surface area contributed by atoms with Crippen LogP contribution in [-0.4, -0.2) is 0 Å². The Labute approximate surface area is 112 Å². The van der Waals surface area contributed by atoms with Crippen molar-refractivity contribution in [2.24, 2.45) is 0 Å². The van der Waals surface area contributed by atoms with Gasteiger partial charge in [-0.05, 0) is 31.1 Å². The minimum Gasteiger partial charge on any atom is -0.494 e. The second-order valence-electron chi connectivity index (χ2n) is 3.76. The van der Waals surface area contributed by atoms with Gasteiger partial charge in [0, 0.05) is 4.48 Å². The third-order valence-corrected chi connectivity index (χ3v) is 3.23. The van der Waals surface area contributed by atoms with Crippen LogP contribution in [0.3, 0.4) is 0 Å². The van der Waals surface area contributed by atoms with Crippen molar-refractivity contribution in [3.63, 3.8) is 0 Å². The second kappa shape index (κ2) is 7.13. The molecule has 17 heavy (non-hydrogen) atoms. The molecule has 0 unspecified atom stereocenters. The zero-order valence-corrected chi connectivity index (χ0v) is 11.8. The molecule has 0 aromatic heterocycles. The molecule has 0 N–H and O–H groups in total. The Morgan fingerprint density at radius 2 is 1.94 bits per heavy atom. The Kier molecular flexibility index (Phi) is 5.78. The van der Waals surface area contributed by atoms with Crippen LogP contribution in [0.5, 0.6) is 0 Å². The Bertz CT molecular complexity index is 429. The van der Waals surface area contributed by atoms with E-state index in [4.69, 9.17) is 4.74 Å². The number of halogens is 1. The van der Waals surface area contributed by atoms with E-state index in [1.165, 1.54) is 5.56 Å². The lowest BCUT2D eigenvalue weighted by Crippen LogP contribution is -1.91. The molecule has 0 amide bonds. The van der Waals surface area contributed by atoms with Crippen LogP contribution in [0.1, 0.15) is 19.4 Å². The number of allylic oxidation sites excluding steroid dienone is 5. The molecule has 0 aliphatic heterocycles. The first-order valence-electron chi connectivity index (χ1n) is 5.47. The number of ether oxygens (including phenoxy) is 1. The second-order valence-corrected chi connectivity index (χ2v) is 4.62. The first-order chi connectivity index (χ1) is 8.13. The number of hydrogen-bond acceptors (Lipinski definition) is 1. The molecule has 0 radical (unpaired) electrons. The van der Waals surface area contributed by atoms with Crippen LogP contribution in [-0.2, 0) is 11.3 Å². The summed E-state index contributed by atoms with van der Waals surface area (Å²) in [6, 6.07) is 10.1. The van der Waals surface area contributed by atoms with Crippen molar-refractivity contribution >= 4 is 15.9 Å². The molecule has 0 fully saturated rings. The van der Waals surface area contributed by atoms with Crippen LogP contribution in [0.25, 0.3) is 0 Å². The summed E-state index contributed by atoms with van der Waals surface area (Å²) in [5.41, 5.74) is 2.27. The van der Waals surface area contributed by atoms with Crippen molar-refractivity contribution in [1.29, 1.82) is 0 Å². The van der Waals surface area contributed by atoms with Crippen molar-refractivity contribution in [1.82, 2.24) is 0 Å². The Hall–Kier alpha value is -1.28. The average molecular weight is 293 g/mol. The highest BCUT2D eigenvalue weighted by atomic mass is 79.9. The van der Waals surface area contributed by atoms with E-state index in [2.05, 4.69) is 34.6 Å². The van der Waals surface area contributed by atoms with Crippen molar-refractivity contribution in [2.45, 2.75) is 20.5 Å².